The number of hydrogen-bond acceptors (Lipinski definition) is 4. The van der Waals surface area contributed by atoms with Crippen LogP contribution in [0.25, 0.3) is 0 Å². The van der Waals surface area contributed by atoms with E-state index in [2.05, 4.69) is 10.3 Å². The normalized spacial score (nSPS) is 12.4. The number of aromatic nitrogens is 1. The number of nitrogens with one attached hydrogen (secondary N) is 1. The van der Waals surface area contributed by atoms with E-state index < -0.39 is 12.0 Å². The Morgan fingerprint density at radius 3 is 2.67 bits per heavy atom. The highest BCUT2D eigenvalue weighted by Gasteiger charge is 2.23. The zero-order valence-electron chi connectivity index (χ0n) is 10.8. The molecule has 0 aliphatic carbocycles. The summed E-state index contributed by atoms with van der Waals surface area (Å²) in [6.45, 7) is 5.76. The molecule has 1 atom stereocenters. The van der Waals surface area contributed by atoms with Crippen LogP contribution in [0.1, 0.15) is 42.6 Å². The van der Waals surface area contributed by atoms with Crippen molar-refractivity contribution in [3.05, 3.63) is 16.1 Å². The summed E-state index contributed by atoms with van der Waals surface area (Å²) in [5.41, 5.74) is 2.32. The van der Waals surface area contributed by atoms with E-state index in [1.54, 1.807) is 5.51 Å². The van der Waals surface area contributed by atoms with Gasteiger partial charge in [0, 0.05) is 0 Å². The third-order valence-electron chi connectivity index (χ3n) is 2.49. The van der Waals surface area contributed by atoms with E-state index in [1.807, 2.05) is 20.8 Å². The van der Waals surface area contributed by atoms with E-state index in [0.717, 1.165) is 0 Å². The number of amides is 1. The highest BCUT2D eigenvalue weighted by Crippen LogP contribution is 2.15. The summed E-state index contributed by atoms with van der Waals surface area (Å²) in [6.07, 6.45) is 1.08. The fraction of sp³-hybridized carbons (Fsp3) is 0.583. The quantitative estimate of drug-likeness (QED) is 0.828. The predicted octanol–water partition coefficient (Wildman–Crippen LogP) is 1.93. The summed E-state index contributed by atoms with van der Waals surface area (Å²) >= 11 is 1.24. The Morgan fingerprint density at radius 1 is 1.50 bits per heavy atom. The SMILES string of the molecule is CCc1ncsc1C(=O)N[C@H](CC(C)C)C(=O)O. The van der Waals surface area contributed by atoms with Gasteiger partial charge in [-0.25, -0.2) is 9.78 Å². The summed E-state index contributed by atoms with van der Waals surface area (Å²) in [7, 11) is 0. The second-order valence-electron chi connectivity index (χ2n) is 4.48. The van der Waals surface area contributed by atoms with E-state index >= 15 is 0 Å². The predicted molar refractivity (Wildman–Crippen MR) is 69.8 cm³/mol. The largest absolute Gasteiger partial charge is 0.480 e. The van der Waals surface area contributed by atoms with Gasteiger partial charge in [-0.1, -0.05) is 20.8 Å². The van der Waals surface area contributed by atoms with E-state index in [1.165, 1.54) is 11.3 Å². The van der Waals surface area contributed by atoms with Crippen LogP contribution in [0.2, 0.25) is 0 Å². The fourth-order valence-electron chi connectivity index (χ4n) is 1.62. The molecule has 0 saturated heterocycles. The van der Waals surface area contributed by atoms with E-state index in [0.29, 0.717) is 23.4 Å². The van der Waals surface area contributed by atoms with Crippen LogP contribution >= 0.6 is 11.3 Å². The Morgan fingerprint density at radius 2 is 2.17 bits per heavy atom. The first-order chi connectivity index (χ1) is 8.45. The number of rotatable bonds is 6. The molecule has 0 unspecified atom stereocenters. The van der Waals surface area contributed by atoms with Gasteiger partial charge in [0.2, 0.25) is 0 Å². The average Bonchev–Trinajstić information content (AvgIpc) is 2.75. The van der Waals surface area contributed by atoms with Crippen molar-refractivity contribution in [3.8, 4) is 0 Å². The average molecular weight is 270 g/mol. The molecule has 1 heterocycles. The maximum Gasteiger partial charge on any atom is 0.326 e. The van der Waals surface area contributed by atoms with E-state index in [4.69, 9.17) is 5.11 Å². The van der Waals surface area contributed by atoms with Crippen molar-refractivity contribution in [2.75, 3.05) is 0 Å². The van der Waals surface area contributed by atoms with Gasteiger partial charge in [0.05, 0.1) is 11.2 Å². The smallest absolute Gasteiger partial charge is 0.326 e. The Bertz CT molecular complexity index is 429. The molecule has 1 aromatic heterocycles. The molecule has 1 rings (SSSR count). The first-order valence-corrected chi connectivity index (χ1v) is 6.79. The molecule has 100 valence electrons. The fourth-order valence-corrected chi connectivity index (χ4v) is 2.41. The highest BCUT2D eigenvalue weighted by molar-refractivity contribution is 7.11. The standard InChI is InChI=1S/C12H18N2O3S/c1-4-8-10(18-6-13-8)11(15)14-9(12(16)17)5-7(2)3/h6-7,9H,4-5H2,1-3H3,(H,14,15)(H,16,17)/t9-/m1/s1. The number of nitrogens with zero attached hydrogens (tertiary/aromatic N) is 1. The van der Waals surface area contributed by atoms with Crippen LogP contribution in [0.3, 0.4) is 0 Å². The maximum absolute atomic E-state index is 12.0. The van der Waals surface area contributed by atoms with Gasteiger partial charge in [-0.2, -0.15) is 0 Å². The van der Waals surface area contributed by atoms with Crippen LogP contribution in [-0.2, 0) is 11.2 Å². The van der Waals surface area contributed by atoms with Gasteiger partial charge in [-0.15, -0.1) is 11.3 Å². The van der Waals surface area contributed by atoms with Crippen molar-refractivity contribution in [2.45, 2.75) is 39.7 Å². The number of aryl methyl sites for hydroxylation is 1. The molecule has 1 aromatic rings. The molecule has 0 aliphatic heterocycles. The van der Waals surface area contributed by atoms with Gasteiger partial charge in [0.1, 0.15) is 10.9 Å². The van der Waals surface area contributed by atoms with Gasteiger partial charge in [0.25, 0.3) is 5.91 Å². The molecule has 0 spiro atoms. The number of aliphatic carboxylic acids is 1. The lowest BCUT2D eigenvalue weighted by molar-refractivity contribution is -0.139. The highest BCUT2D eigenvalue weighted by atomic mass is 32.1. The Labute approximate surface area is 110 Å². The third kappa shape index (κ3) is 3.80. The number of carboxylic acid groups (broad SMARTS) is 1. The number of carbonyl (C=O) groups excluding carboxylic acids is 1. The van der Waals surface area contributed by atoms with Gasteiger partial charge in [-0.3, -0.25) is 4.79 Å². The lowest BCUT2D eigenvalue weighted by Crippen LogP contribution is -2.41. The molecule has 0 aromatic carbocycles. The van der Waals surface area contributed by atoms with Gasteiger partial charge in [0.15, 0.2) is 0 Å². The van der Waals surface area contributed by atoms with Crippen molar-refractivity contribution in [1.82, 2.24) is 10.3 Å². The number of carboxylic acids is 1. The Hall–Kier alpha value is -1.43. The molecule has 0 bridgehead atoms. The molecular formula is C12H18N2O3S. The lowest BCUT2D eigenvalue weighted by atomic mass is 10.0. The Kier molecular flexibility index (Phi) is 5.27. The second-order valence-corrected chi connectivity index (χ2v) is 5.33. The molecule has 6 heteroatoms. The minimum absolute atomic E-state index is 0.207. The third-order valence-corrected chi connectivity index (χ3v) is 3.36. The van der Waals surface area contributed by atoms with Crippen LogP contribution in [0.4, 0.5) is 0 Å². The van der Waals surface area contributed by atoms with Gasteiger partial charge >= 0.3 is 5.97 Å². The molecule has 0 fully saturated rings. The molecule has 0 radical (unpaired) electrons. The monoisotopic (exact) mass is 270 g/mol. The molecular weight excluding hydrogens is 252 g/mol. The molecule has 1 amide bonds. The van der Waals surface area contributed by atoms with E-state index in [-0.39, 0.29) is 11.8 Å². The molecule has 2 N–H and O–H groups in total. The van der Waals surface area contributed by atoms with Crippen molar-refractivity contribution in [2.24, 2.45) is 5.92 Å². The Balaban J connectivity index is 2.75. The van der Waals surface area contributed by atoms with Crippen LogP contribution in [0.5, 0.6) is 0 Å². The van der Waals surface area contributed by atoms with Crippen LogP contribution in [0, 0.1) is 5.92 Å². The minimum Gasteiger partial charge on any atom is -0.480 e. The topological polar surface area (TPSA) is 79.3 Å². The van der Waals surface area contributed by atoms with Crippen LogP contribution in [-0.4, -0.2) is 28.0 Å². The number of thiazole rings is 1. The summed E-state index contributed by atoms with van der Waals surface area (Å²) in [5, 5.41) is 11.6. The maximum atomic E-state index is 12.0. The zero-order valence-corrected chi connectivity index (χ0v) is 11.6. The van der Waals surface area contributed by atoms with Crippen molar-refractivity contribution in [1.29, 1.82) is 0 Å². The van der Waals surface area contributed by atoms with Crippen molar-refractivity contribution >= 4 is 23.2 Å². The van der Waals surface area contributed by atoms with Gasteiger partial charge < -0.3 is 10.4 Å². The summed E-state index contributed by atoms with van der Waals surface area (Å²) in [6, 6.07) is -0.843. The summed E-state index contributed by atoms with van der Waals surface area (Å²) in [5.74, 6) is -1.14. The first-order valence-electron chi connectivity index (χ1n) is 5.91. The second kappa shape index (κ2) is 6.49. The van der Waals surface area contributed by atoms with Crippen LogP contribution in [0.15, 0.2) is 5.51 Å². The molecule has 0 aliphatic rings. The lowest BCUT2D eigenvalue weighted by Gasteiger charge is -2.16. The van der Waals surface area contributed by atoms with E-state index in [9.17, 15) is 9.59 Å². The molecule has 18 heavy (non-hydrogen) atoms. The number of carbonyl (C=O) groups is 2. The van der Waals surface area contributed by atoms with Crippen molar-refractivity contribution < 1.29 is 14.7 Å². The molecule has 0 saturated carbocycles. The van der Waals surface area contributed by atoms with Crippen molar-refractivity contribution in [3.63, 3.8) is 0 Å². The first kappa shape index (κ1) is 14.6. The summed E-state index contributed by atoms with van der Waals surface area (Å²) in [4.78, 5) is 27.6. The minimum atomic E-state index is -1.00. The summed E-state index contributed by atoms with van der Waals surface area (Å²) < 4.78 is 0. The zero-order chi connectivity index (χ0) is 13.7. The van der Waals surface area contributed by atoms with Crippen LogP contribution < -0.4 is 5.32 Å². The number of hydrogen-bond donors (Lipinski definition) is 2. The molecule has 5 nitrogen and oxygen atoms in total. The van der Waals surface area contributed by atoms with Gasteiger partial charge in [-0.05, 0) is 18.8 Å².